The summed E-state index contributed by atoms with van der Waals surface area (Å²) in [4.78, 5) is 2.22. The summed E-state index contributed by atoms with van der Waals surface area (Å²) in [6, 6.07) is 5.43. The van der Waals surface area contributed by atoms with Crippen LogP contribution in [0, 0.1) is 5.82 Å². The van der Waals surface area contributed by atoms with Crippen molar-refractivity contribution in [1.82, 2.24) is 4.90 Å². The molecule has 1 aromatic carbocycles. The SMILES string of the molecule is Fc1c(Cl)cccc1CN1CCOCC1CBr. The summed E-state index contributed by atoms with van der Waals surface area (Å²) in [5.74, 6) is -0.311. The maximum atomic E-state index is 13.8. The molecule has 2 rings (SSSR count). The Bertz CT molecular complexity index is 391. The molecule has 0 spiro atoms. The summed E-state index contributed by atoms with van der Waals surface area (Å²) in [6.07, 6.45) is 0. The second-order valence-corrected chi connectivity index (χ2v) is 5.12. The second kappa shape index (κ2) is 6.14. The van der Waals surface area contributed by atoms with Crippen molar-refractivity contribution in [3.8, 4) is 0 Å². The molecule has 1 saturated heterocycles. The van der Waals surface area contributed by atoms with Crippen molar-refractivity contribution in [1.29, 1.82) is 0 Å². The van der Waals surface area contributed by atoms with E-state index in [1.54, 1.807) is 18.2 Å². The highest BCUT2D eigenvalue weighted by Gasteiger charge is 2.23. The molecule has 1 fully saturated rings. The Balaban J connectivity index is 2.11. The zero-order chi connectivity index (χ0) is 12.3. The zero-order valence-corrected chi connectivity index (χ0v) is 11.7. The zero-order valence-electron chi connectivity index (χ0n) is 9.33. The summed E-state index contributed by atoms with van der Waals surface area (Å²) in [5.41, 5.74) is 0.644. The number of morpholine rings is 1. The molecule has 0 amide bonds. The van der Waals surface area contributed by atoms with Gasteiger partial charge in [0.2, 0.25) is 0 Å². The van der Waals surface area contributed by atoms with E-state index in [2.05, 4.69) is 20.8 Å². The lowest BCUT2D eigenvalue weighted by Crippen LogP contribution is -2.45. The molecule has 0 aromatic heterocycles. The lowest BCUT2D eigenvalue weighted by atomic mass is 10.1. The molecular weight excluding hydrogens is 308 g/mol. The van der Waals surface area contributed by atoms with Gasteiger partial charge in [-0.15, -0.1) is 0 Å². The Morgan fingerprint density at radius 2 is 2.35 bits per heavy atom. The van der Waals surface area contributed by atoms with E-state index in [1.807, 2.05) is 0 Å². The second-order valence-electron chi connectivity index (χ2n) is 4.07. The van der Waals surface area contributed by atoms with Crippen molar-refractivity contribution in [2.45, 2.75) is 12.6 Å². The Morgan fingerprint density at radius 1 is 1.53 bits per heavy atom. The molecule has 1 aliphatic heterocycles. The van der Waals surface area contributed by atoms with E-state index in [0.29, 0.717) is 31.4 Å². The van der Waals surface area contributed by atoms with Gasteiger partial charge in [0.1, 0.15) is 5.82 Å². The molecule has 0 saturated carbocycles. The van der Waals surface area contributed by atoms with Crippen LogP contribution in [0.3, 0.4) is 0 Å². The van der Waals surface area contributed by atoms with E-state index in [1.165, 1.54) is 0 Å². The first-order valence-corrected chi connectivity index (χ1v) is 7.03. The number of alkyl halides is 1. The van der Waals surface area contributed by atoms with Crippen LogP contribution in [0.25, 0.3) is 0 Å². The first kappa shape index (κ1) is 13.3. The minimum atomic E-state index is -0.311. The van der Waals surface area contributed by atoms with Crippen molar-refractivity contribution in [3.05, 3.63) is 34.6 Å². The first-order valence-electron chi connectivity index (χ1n) is 5.53. The van der Waals surface area contributed by atoms with Crippen molar-refractivity contribution in [3.63, 3.8) is 0 Å². The normalized spacial score (nSPS) is 21.7. The summed E-state index contributed by atoms with van der Waals surface area (Å²) >= 11 is 9.23. The van der Waals surface area contributed by atoms with E-state index in [0.717, 1.165) is 11.9 Å². The molecule has 2 nitrogen and oxygen atoms in total. The molecule has 17 heavy (non-hydrogen) atoms. The van der Waals surface area contributed by atoms with Crippen molar-refractivity contribution in [2.75, 3.05) is 25.1 Å². The van der Waals surface area contributed by atoms with E-state index in [9.17, 15) is 4.39 Å². The van der Waals surface area contributed by atoms with Gasteiger partial charge in [-0.25, -0.2) is 4.39 Å². The average molecular weight is 323 g/mol. The number of halogens is 3. The van der Waals surface area contributed by atoms with Crippen LogP contribution in [0.15, 0.2) is 18.2 Å². The van der Waals surface area contributed by atoms with Crippen LogP contribution in [-0.2, 0) is 11.3 Å². The summed E-state index contributed by atoms with van der Waals surface area (Å²) in [5, 5.41) is 1.01. The van der Waals surface area contributed by atoms with Crippen LogP contribution in [0.1, 0.15) is 5.56 Å². The van der Waals surface area contributed by atoms with Crippen molar-refractivity contribution < 1.29 is 9.13 Å². The maximum absolute atomic E-state index is 13.8. The Labute approximate surface area is 114 Å². The number of nitrogens with zero attached hydrogens (tertiary/aromatic N) is 1. The van der Waals surface area contributed by atoms with Crippen molar-refractivity contribution in [2.24, 2.45) is 0 Å². The number of hydrogen-bond donors (Lipinski definition) is 0. The molecule has 0 radical (unpaired) electrons. The van der Waals surface area contributed by atoms with Gasteiger partial charge in [-0.05, 0) is 6.07 Å². The Kier molecular flexibility index (Phi) is 4.79. The van der Waals surface area contributed by atoms with Crippen LogP contribution >= 0.6 is 27.5 Å². The summed E-state index contributed by atoms with van der Waals surface area (Å²) in [7, 11) is 0. The topological polar surface area (TPSA) is 12.5 Å². The quantitative estimate of drug-likeness (QED) is 0.793. The van der Waals surface area contributed by atoms with Gasteiger partial charge in [0.15, 0.2) is 0 Å². The lowest BCUT2D eigenvalue weighted by Gasteiger charge is -2.34. The highest BCUT2D eigenvalue weighted by molar-refractivity contribution is 9.09. The standard InChI is InChI=1S/C12H14BrClFNO/c13-6-10-8-17-5-4-16(10)7-9-2-1-3-11(14)12(9)15/h1-3,10H,4-8H2. The van der Waals surface area contributed by atoms with Crippen LogP contribution in [0.4, 0.5) is 4.39 Å². The molecule has 1 atom stereocenters. The molecule has 0 aliphatic carbocycles. The first-order chi connectivity index (χ1) is 8.22. The number of benzene rings is 1. The van der Waals surface area contributed by atoms with Gasteiger partial charge in [-0.2, -0.15) is 0 Å². The molecular formula is C12H14BrClFNO. The summed E-state index contributed by atoms with van der Waals surface area (Å²) < 4.78 is 19.2. The van der Waals surface area contributed by atoms with Crippen LogP contribution in [0.5, 0.6) is 0 Å². The van der Waals surface area contributed by atoms with E-state index >= 15 is 0 Å². The number of rotatable bonds is 3. The van der Waals surface area contributed by atoms with Crippen molar-refractivity contribution >= 4 is 27.5 Å². The van der Waals surface area contributed by atoms with E-state index in [4.69, 9.17) is 16.3 Å². The fourth-order valence-electron chi connectivity index (χ4n) is 1.93. The highest BCUT2D eigenvalue weighted by Crippen LogP contribution is 2.21. The monoisotopic (exact) mass is 321 g/mol. The number of hydrogen-bond acceptors (Lipinski definition) is 2. The summed E-state index contributed by atoms with van der Waals surface area (Å²) in [6.45, 7) is 2.79. The van der Waals surface area contributed by atoms with Crippen LogP contribution in [-0.4, -0.2) is 36.0 Å². The maximum Gasteiger partial charge on any atom is 0.146 e. The van der Waals surface area contributed by atoms with Gasteiger partial charge >= 0.3 is 0 Å². The lowest BCUT2D eigenvalue weighted by molar-refractivity contribution is -0.00255. The van der Waals surface area contributed by atoms with Gasteiger partial charge in [-0.3, -0.25) is 4.90 Å². The fraction of sp³-hybridized carbons (Fsp3) is 0.500. The molecule has 1 aliphatic rings. The molecule has 94 valence electrons. The third kappa shape index (κ3) is 3.19. The molecule has 0 bridgehead atoms. The largest absolute Gasteiger partial charge is 0.378 e. The predicted octanol–water partition coefficient (Wildman–Crippen LogP) is 3.07. The van der Waals surface area contributed by atoms with Gasteiger partial charge < -0.3 is 4.74 Å². The van der Waals surface area contributed by atoms with Crippen LogP contribution < -0.4 is 0 Å². The smallest absolute Gasteiger partial charge is 0.146 e. The highest BCUT2D eigenvalue weighted by atomic mass is 79.9. The van der Waals surface area contributed by atoms with E-state index in [-0.39, 0.29) is 10.8 Å². The Hall–Kier alpha value is -0.160. The predicted molar refractivity (Wildman–Crippen MR) is 70.2 cm³/mol. The van der Waals surface area contributed by atoms with Gasteiger partial charge in [0, 0.05) is 30.0 Å². The molecule has 1 heterocycles. The fourth-order valence-corrected chi connectivity index (χ4v) is 2.72. The van der Waals surface area contributed by atoms with Gasteiger partial charge in [0.25, 0.3) is 0 Å². The van der Waals surface area contributed by atoms with Gasteiger partial charge in [-0.1, -0.05) is 39.7 Å². The van der Waals surface area contributed by atoms with Crippen LogP contribution in [0.2, 0.25) is 5.02 Å². The van der Waals surface area contributed by atoms with E-state index < -0.39 is 0 Å². The third-order valence-corrected chi connectivity index (χ3v) is 3.97. The Morgan fingerprint density at radius 3 is 3.12 bits per heavy atom. The minimum Gasteiger partial charge on any atom is -0.378 e. The number of ether oxygens (including phenoxy) is 1. The van der Waals surface area contributed by atoms with Gasteiger partial charge in [0.05, 0.1) is 18.2 Å². The third-order valence-electron chi connectivity index (χ3n) is 2.93. The molecule has 1 unspecified atom stereocenters. The molecule has 0 N–H and O–H groups in total. The average Bonchev–Trinajstić information content (AvgIpc) is 2.35. The molecule has 5 heteroatoms. The molecule has 1 aromatic rings. The minimum absolute atomic E-state index is 0.186.